The van der Waals surface area contributed by atoms with Crippen LogP contribution in [0.15, 0.2) is 36.0 Å². The van der Waals surface area contributed by atoms with Crippen LogP contribution in [-0.4, -0.2) is 26.6 Å². The highest BCUT2D eigenvalue weighted by molar-refractivity contribution is 7.13. The quantitative estimate of drug-likeness (QED) is 0.721. The minimum absolute atomic E-state index is 0.0974. The second-order valence-electron chi connectivity index (χ2n) is 5.30. The number of nitrogens with zero attached hydrogens (tertiary/aromatic N) is 4. The minimum atomic E-state index is 0.0974. The monoisotopic (exact) mass is 314 g/mol. The van der Waals surface area contributed by atoms with Gasteiger partial charge in [-0.3, -0.25) is 0 Å². The summed E-state index contributed by atoms with van der Waals surface area (Å²) >= 11 is 1.56. The van der Waals surface area contributed by atoms with E-state index in [9.17, 15) is 0 Å². The van der Waals surface area contributed by atoms with E-state index in [1.54, 1.807) is 17.5 Å². The first-order valence-electron chi connectivity index (χ1n) is 7.16. The smallest absolute Gasteiger partial charge is 0.145 e. The molecule has 0 fully saturated rings. The maximum absolute atomic E-state index is 5.98. The van der Waals surface area contributed by atoms with Gasteiger partial charge in [0.05, 0.1) is 12.2 Å². The normalized spacial score (nSPS) is 12.3. The molecular formula is C16H18N4OS. The molecule has 2 heterocycles. The molecular weight excluding hydrogens is 296 g/mol. The highest BCUT2D eigenvalue weighted by atomic mass is 32.1. The number of benzene rings is 1. The summed E-state index contributed by atoms with van der Waals surface area (Å²) in [6.07, 6.45) is 3.68. The van der Waals surface area contributed by atoms with Crippen LogP contribution >= 0.6 is 11.3 Å². The second kappa shape index (κ2) is 6.27. The Morgan fingerprint density at radius 1 is 1.27 bits per heavy atom. The Balaban J connectivity index is 1.69. The Labute approximate surface area is 133 Å². The average Bonchev–Trinajstić information content (AvgIpc) is 3.17. The third-order valence-electron chi connectivity index (χ3n) is 3.49. The molecule has 1 aromatic carbocycles. The van der Waals surface area contributed by atoms with Crippen LogP contribution in [0.4, 0.5) is 0 Å². The molecule has 1 atom stereocenters. The summed E-state index contributed by atoms with van der Waals surface area (Å²) in [6, 6.07) is 6.25. The van der Waals surface area contributed by atoms with Crippen LogP contribution in [0.3, 0.4) is 0 Å². The van der Waals surface area contributed by atoms with Crippen molar-refractivity contribution in [3.8, 4) is 16.5 Å². The van der Waals surface area contributed by atoms with E-state index in [0.29, 0.717) is 6.61 Å². The second-order valence-corrected chi connectivity index (χ2v) is 6.20. The highest BCUT2D eigenvalue weighted by Gasteiger charge is 2.12. The van der Waals surface area contributed by atoms with Gasteiger partial charge in [-0.15, -0.1) is 16.4 Å². The average molecular weight is 314 g/mol. The van der Waals surface area contributed by atoms with Gasteiger partial charge in [-0.2, -0.15) is 0 Å². The zero-order chi connectivity index (χ0) is 15.5. The van der Waals surface area contributed by atoms with Crippen molar-refractivity contribution in [3.63, 3.8) is 0 Å². The van der Waals surface area contributed by atoms with Crippen molar-refractivity contribution in [2.75, 3.05) is 6.61 Å². The van der Waals surface area contributed by atoms with Gasteiger partial charge in [0.1, 0.15) is 23.1 Å². The molecule has 2 aromatic heterocycles. The molecule has 6 heteroatoms. The molecule has 0 saturated heterocycles. The molecule has 0 aliphatic carbocycles. The Kier molecular flexibility index (Phi) is 4.20. The molecule has 0 unspecified atom stereocenters. The molecule has 0 aliphatic rings. The molecule has 0 aliphatic heterocycles. The van der Waals surface area contributed by atoms with Crippen molar-refractivity contribution in [1.29, 1.82) is 0 Å². The topological polar surface area (TPSA) is 52.8 Å². The van der Waals surface area contributed by atoms with Crippen molar-refractivity contribution in [2.45, 2.75) is 26.8 Å². The van der Waals surface area contributed by atoms with Crippen molar-refractivity contribution in [1.82, 2.24) is 20.0 Å². The predicted molar refractivity (Wildman–Crippen MR) is 87.3 cm³/mol. The molecule has 3 aromatic rings. The van der Waals surface area contributed by atoms with Gasteiger partial charge >= 0.3 is 0 Å². The van der Waals surface area contributed by atoms with E-state index >= 15 is 0 Å². The molecule has 0 radical (unpaired) electrons. The minimum Gasteiger partial charge on any atom is -0.491 e. The number of hydrogen-bond donors (Lipinski definition) is 0. The number of aryl methyl sites for hydroxylation is 2. The Morgan fingerprint density at radius 3 is 2.73 bits per heavy atom. The molecule has 0 N–H and O–H groups in total. The van der Waals surface area contributed by atoms with Crippen molar-refractivity contribution in [3.05, 3.63) is 47.1 Å². The SMILES string of the molecule is Cc1cccc(C)c1OC[C@H](C)n1cc(-c2nccs2)nn1. The van der Waals surface area contributed by atoms with Crippen molar-refractivity contribution < 1.29 is 4.74 Å². The fourth-order valence-electron chi connectivity index (χ4n) is 2.25. The van der Waals surface area contributed by atoms with Gasteiger partial charge in [-0.25, -0.2) is 9.67 Å². The summed E-state index contributed by atoms with van der Waals surface area (Å²) in [5.41, 5.74) is 3.09. The van der Waals surface area contributed by atoms with Gasteiger partial charge in [0, 0.05) is 11.6 Å². The number of hydrogen-bond acceptors (Lipinski definition) is 5. The van der Waals surface area contributed by atoms with Crippen LogP contribution in [0.1, 0.15) is 24.1 Å². The maximum Gasteiger partial charge on any atom is 0.145 e. The number of aromatic nitrogens is 4. The third kappa shape index (κ3) is 3.01. The van der Waals surface area contributed by atoms with E-state index in [2.05, 4.69) is 48.2 Å². The van der Waals surface area contributed by atoms with Crippen LogP contribution in [0, 0.1) is 13.8 Å². The number of para-hydroxylation sites is 1. The first kappa shape index (κ1) is 14.7. The van der Waals surface area contributed by atoms with Crippen molar-refractivity contribution >= 4 is 11.3 Å². The van der Waals surface area contributed by atoms with E-state index in [4.69, 9.17) is 4.74 Å². The fraction of sp³-hybridized carbons (Fsp3) is 0.312. The lowest BCUT2D eigenvalue weighted by molar-refractivity contribution is 0.246. The molecule has 5 nitrogen and oxygen atoms in total. The first-order valence-corrected chi connectivity index (χ1v) is 8.04. The number of ether oxygens (including phenoxy) is 1. The number of thiazole rings is 1. The van der Waals surface area contributed by atoms with E-state index in [1.165, 1.54) is 0 Å². The Bertz CT molecular complexity index is 731. The van der Waals surface area contributed by atoms with Gasteiger partial charge in [0.15, 0.2) is 0 Å². The summed E-state index contributed by atoms with van der Waals surface area (Å²) in [7, 11) is 0. The third-order valence-corrected chi connectivity index (χ3v) is 4.29. The van der Waals surface area contributed by atoms with Crippen molar-refractivity contribution in [2.24, 2.45) is 0 Å². The largest absolute Gasteiger partial charge is 0.491 e. The molecule has 0 saturated carbocycles. The van der Waals surface area contributed by atoms with Gasteiger partial charge in [0.2, 0.25) is 0 Å². The van der Waals surface area contributed by atoms with Gasteiger partial charge < -0.3 is 4.74 Å². The highest BCUT2D eigenvalue weighted by Crippen LogP contribution is 2.24. The van der Waals surface area contributed by atoms with Gasteiger partial charge in [-0.1, -0.05) is 23.4 Å². The van der Waals surface area contributed by atoms with Crippen LogP contribution in [0.5, 0.6) is 5.75 Å². The summed E-state index contributed by atoms with van der Waals surface area (Å²) in [5, 5.41) is 11.2. The maximum atomic E-state index is 5.98. The molecule has 0 amide bonds. The van der Waals surface area contributed by atoms with Crippen LogP contribution < -0.4 is 4.74 Å². The van der Waals surface area contributed by atoms with E-state index in [0.717, 1.165) is 27.6 Å². The lowest BCUT2D eigenvalue weighted by Crippen LogP contribution is -2.15. The zero-order valence-corrected chi connectivity index (χ0v) is 13.7. The summed E-state index contributed by atoms with van der Waals surface area (Å²) in [5.74, 6) is 0.953. The summed E-state index contributed by atoms with van der Waals surface area (Å²) in [6.45, 7) is 6.73. The molecule has 0 bridgehead atoms. The molecule has 3 rings (SSSR count). The Morgan fingerprint density at radius 2 is 2.05 bits per heavy atom. The summed E-state index contributed by atoms with van der Waals surface area (Å²) < 4.78 is 7.81. The fourth-order valence-corrected chi connectivity index (χ4v) is 2.83. The predicted octanol–water partition coefficient (Wildman–Crippen LogP) is 3.66. The first-order chi connectivity index (χ1) is 10.6. The zero-order valence-electron chi connectivity index (χ0n) is 12.9. The van der Waals surface area contributed by atoms with Crippen LogP contribution in [-0.2, 0) is 0 Å². The van der Waals surface area contributed by atoms with E-state index in [-0.39, 0.29) is 6.04 Å². The molecule has 22 heavy (non-hydrogen) atoms. The Hall–Kier alpha value is -2.21. The van der Waals surface area contributed by atoms with Gasteiger partial charge in [0.25, 0.3) is 0 Å². The van der Waals surface area contributed by atoms with E-state index < -0.39 is 0 Å². The number of rotatable bonds is 5. The standard InChI is InChI=1S/C16H18N4OS/c1-11-5-4-6-12(2)15(11)21-10-13(3)20-9-14(18-19-20)16-17-7-8-22-16/h4-9,13H,10H2,1-3H3/t13-/m0/s1. The van der Waals surface area contributed by atoms with Gasteiger partial charge in [-0.05, 0) is 31.9 Å². The lowest BCUT2D eigenvalue weighted by Gasteiger charge is -2.16. The molecule has 114 valence electrons. The molecule has 0 spiro atoms. The van der Waals surface area contributed by atoms with E-state index in [1.807, 2.05) is 22.3 Å². The van der Waals surface area contributed by atoms with Crippen LogP contribution in [0.2, 0.25) is 0 Å². The lowest BCUT2D eigenvalue weighted by atomic mass is 10.1. The van der Waals surface area contributed by atoms with Crippen LogP contribution in [0.25, 0.3) is 10.7 Å². The summed E-state index contributed by atoms with van der Waals surface area (Å²) in [4.78, 5) is 4.25.